The largest absolute Gasteiger partial charge is 0.380 e. The highest BCUT2D eigenvalue weighted by atomic mass is 127. The van der Waals surface area contributed by atoms with E-state index in [1.807, 2.05) is 29.5 Å². The second-order valence-electron chi connectivity index (χ2n) is 4.10. The summed E-state index contributed by atoms with van der Waals surface area (Å²) in [5.41, 5.74) is 0. The summed E-state index contributed by atoms with van der Waals surface area (Å²) in [6.45, 7) is 2.89. The predicted molar refractivity (Wildman–Crippen MR) is 70.1 cm³/mol. The van der Waals surface area contributed by atoms with Gasteiger partial charge in [-0.3, -0.25) is 0 Å². The van der Waals surface area contributed by atoms with Crippen molar-refractivity contribution in [2.45, 2.75) is 43.8 Å². The zero-order valence-electron chi connectivity index (χ0n) is 9.17. The van der Waals surface area contributed by atoms with Crippen LogP contribution in [0.4, 0.5) is 0 Å². The first-order valence-corrected chi connectivity index (χ1v) is 8.62. The van der Waals surface area contributed by atoms with Gasteiger partial charge in [-0.05, 0) is 19.8 Å². The molecule has 0 aliphatic heterocycles. The summed E-state index contributed by atoms with van der Waals surface area (Å²) in [5.74, 6) is 0. The van der Waals surface area contributed by atoms with E-state index in [1.54, 1.807) is 0 Å². The van der Waals surface area contributed by atoms with Crippen LogP contribution in [-0.2, 0) is 14.6 Å². The van der Waals surface area contributed by atoms with Crippen molar-refractivity contribution in [1.82, 2.24) is 0 Å². The Morgan fingerprint density at radius 1 is 1.27 bits per heavy atom. The summed E-state index contributed by atoms with van der Waals surface area (Å²) < 4.78 is 29.2. The van der Waals surface area contributed by atoms with Crippen LogP contribution in [0, 0.1) is 0 Å². The molecule has 1 fully saturated rings. The Bertz CT molecular complexity index is 281. The molecule has 0 amide bonds. The third-order valence-electron chi connectivity index (χ3n) is 3.14. The fourth-order valence-electron chi connectivity index (χ4n) is 2.15. The zero-order valence-corrected chi connectivity index (χ0v) is 12.1. The van der Waals surface area contributed by atoms with Gasteiger partial charge in [0.25, 0.3) is 0 Å². The van der Waals surface area contributed by atoms with Gasteiger partial charge in [0.2, 0.25) is 0 Å². The SMILES string of the molecule is CCOCC1(S(=O)(=O)CI)CCCCC1. The first-order chi connectivity index (χ1) is 7.08. The Labute approximate surface area is 106 Å². The molecular weight excluding hydrogens is 327 g/mol. The van der Waals surface area contributed by atoms with Crippen LogP contribution in [0.2, 0.25) is 0 Å². The molecule has 0 aromatic heterocycles. The van der Waals surface area contributed by atoms with Crippen molar-refractivity contribution in [2.75, 3.05) is 17.0 Å². The molecule has 5 heteroatoms. The molecule has 15 heavy (non-hydrogen) atoms. The fourth-order valence-corrected chi connectivity index (χ4v) is 5.53. The van der Waals surface area contributed by atoms with E-state index in [9.17, 15) is 8.42 Å². The average molecular weight is 346 g/mol. The van der Waals surface area contributed by atoms with Crippen LogP contribution in [-0.4, -0.2) is 30.1 Å². The Hall–Kier alpha value is 0.640. The topological polar surface area (TPSA) is 43.4 Å². The molecule has 0 bridgehead atoms. The average Bonchev–Trinajstić information content (AvgIpc) is 2.27. The molecule has 1 aliphatic carbocycles. The third-order valence-corrected chi connectivity index (χ3v) is 7.73. The van der Waals surface area contributed by atoms with E-state index >= 15 is 0 Å². The fraction of sp³-hybridized carbons (Fsp3) is 1.00. The highest BCUT2D eigenvalue weighted by molar-refractivity contribution is 14.1. The van der Waals surface area contributed by atoms with Crippen LogP contribution in [0.3, 0.4) is 0 Å². The number of sulfone groups is 1. The minimum atomic E-state index is -2.99. The van der Waals surface area contributed by atoms with Crippen LogP contribution in [0.1, 0.15) is 39.0 Å². The molecule has 1 saturated carbocycles. The van der Waals surface area contributed by atoms with Gasteiger partial charge in [0.15, 0.2) is 9.84 Å². The summed E-state index contributed by atoms with van der Waals surface area (Å²) >= 11 is 1.95. The first-order valence-electron chi connectivity index (χ1n) is 5.44. The summed E-state index contributed by atoms with van der Waals surface area (Å²) in [6, 6.07) is 0. The van der Waals surface area contributed by atoms with Crippen molar-refractivity contribution in [3.63, 3.8) is 0 Å². The molecule has 1 aliphatic rings. The maximum Gasteiger partial charge on any atom is 0.167 e. The van der Waals surface area contributed by atoms with Crippen LogP contribution >= 0.6 is 22.6 Å². The van der Waals surface area contributed by atoms with E-state index in [0.29, 0.717) is 13.2 Å². The van der Waals surface area contributed by atoms with Gasteiger partial charge in [0.1, 0.15) is 3.76 Å². The van der Waals surface area contributed by atoms with E-state index in [1.165, 1.54) is 0 Å². The minimum Gasteiger partial charge on any atom is -0.380 e. The molecule has 0 aromatic carbocycles. The van der Waals surface area contributed by atoms with Crippen molar-refractivity contribution in [3.05, 3.63) is 0 Å². The number of hydrogen-bond donors (Lipinski definition) is 0. The Morgan fingerprint density at radius 3 is 2.33 bits per heavy atom. The van der Waals surface area contributed by atoms with Gasteiger partial charge < -0.3 is 4.74 Å². The molecule has 3 nitrogen and oxygen atoms in total. The number of hydrogen-bond acceptors (Lipinski definition) is 3. The van der Waals surface area contributed by atoms with Crippen molar-refractivity contribution >= 4 is 32.4 Å². The number of alkyl halides is 1. The molecular formula is C10H19IO3S. The Balaban J connectivity index is 2.84. The van der Waals surface area contributed by atoms with Gasteiger partial charge in [0.05, 0.1) is 11.4 Å². The molecule has 0 heterocycles. The van der Waals surface area contributed by atoms with Gasteiger partial charge in [-0.25, -0.2) is 8.42 Å². The zero-order chi connectivity index (χ0) is 11.4. The summed E-state index contributed by atoms with van der Waals surface area (Å²) in [5, 5.41) is 0. The molecule has 0 N–H and O–H groups in total. The standard InChI is InChI=1S/C10H19IO3S/c1-2-14-8-10(15(12,13)9-11)6-4-3-5-7-10/h2-9H2,1H3. The lowest BCUT2D eigenvalue weighted by molar-refractivity contribution is 0.106. The quantitative estimate of drug-likeness (QED) is 0.568. The molecule has 0 spiro atoms. The number of ether oxygens (including phenoxy) is 1. The summed E-state index contributed by atoms with van der Waals surface area (Å²) in [6.07, 6.45) is 4.74. The van der Waals surface area contributed by atoms with Crippen molar-refractivity contribution in [3.8, 4) is 0 Å². The predicted octanol–water partition coefficient (Wildman–Crippen LogP) is 2.53. The van der Waals surface area contributed by atoms with Gasteiger partial charge in [-0.15, -0.1) is 0 Å². The molecule has 0 unspecified atom stereocenters. The lowest BCUT2D eigenvalue weighted by Gasteiger charge is -2.35. The van der Waals surface area contributed by atoms with Gasteiger partial charge in [0, 0.05) is 6.61 Å². The minimum absolute atomic E-state index is 0.206. The summed E-state index contributed by atoms with van der Waals surface area (Å²) in [4.78, 5) is 0. The molecule has 90 valence electrons. The van der Waals surface area contributed by atoms with Crippen molar-refractivity contribution in [1.29, 1.82) is 0 Å². The monoisotopic (exact) mass is 346 g/mol. The summed E-state index contributed by atoms with van der Waals surface area (Å²) in [7, 11) is -2.99. The van der Waals surface area contributed by atoms with E-state index in [-0.39, 0.29) is 3.76 Å². The normalized spacial score (nSPS) is 21.5. The smallest absolute Gasteiger partial charge is 0.167 e. The van der Waals surface area contributed by atoms with Crippen LogP contribution in [0.15, 0.2) is 0 Å². The lowest BCUT2D eigenvalue weighted by Crippen LogP contribution is -2.45. The Kier molecular flexibility index (Phi) is 5.31. The van der Waals surface area contributed by atoms with E-state index in [0.717, 1.165) is 32.1 Å². The lowest BCUT2D eigenvalue weighted by atomic mass is 9.89. The second kappa shape index (κ2) is 5.82. The first kappa shape index (κ1) is 13.7. The van der Waals surface area contributed by atoms with E-state index < -0.39 is 14.6 Å². The van der Waals surface area contributed by atoms with E-state index in [2.05, 4.69) is 0 Å². The third kappa shape index (κ3) is 3.06. The molecule has 0 aromatic rings. The number of halogens is 1. The Morgan fingerprint density at radius 2 is 1.87 bits per heavy atom. The molecule has 0 atom stereocenters. The maximum atomic E-state index is 12.1. The van der Waals surface area contributed by atoms with Crippen LogP contribution in [0.25, 0.3) is 0 Å². The maximum absolute atomic E-state index is 12.1. The van der Waals surface area contributed by atoms with E-state index in [4.69, 9.17) is 4.74 Å². The van der Waals surface area contributed by atoms with Gasteiger partial charge in [-0.1, -0.05) is 41.9 Å². The molecule has 0 radical (unpaired) electrons. The second-order valence-corrected chi connectivity index (χ2v) is 8.29. The highest BCUT2D eigenvalue weighted by Crippen LogP contribution is 2.36. The number of rotatable bonds is 5. The van der Waals surface area contributed by atoms with Crippen LogP contribution in [0.5, 0.6) is 0 Å². The van der Waals surface area contributed by atoms with Crippen molar-refractivity contribution < 1.29 is 13.2 Å². The molecule has 0 saturated heterocycles. The van der Waals surface area contributed by atoms with Crippen LogP contribution < -0.4 is 0 Å². The van der Waals surface area contributed by atoms with Crippen molar-refractivity contribution in [2.24, 2.45) is 0 Å². The highest BCUT2D eigenvalue weighted by Gasteiger charge is 2.43. The van der Waals surface area contributed by atoms with Gasteiger partial charge in [-0.2, -0.15) is 0 Å². The van der Waals surface area contributed by atoms with Gasteiger partial charge >= 0.3 is 0 Å². The molecule has 1 rings (SSSR count).